The fraction of sp³-hybridized carbons (Fsp3) is 0.111. The third-order valence-electron chi connectivity index (χ3n) is 4.14. The van der Waals surface area contributed by atoms with Gasteiger partial charge in [-0.15, -0.1) is 10.2 Å². The van der Waals surface area contributed by atoms with Crippen molar-refractivity contribution in [2.24, 2.45) is 10.2 Å². The summed E-state index contributed by atoms with van der Waals surface area (Å²) in [4.78, 5) is 24.0. The zero-order valence-corrected chi connectivity index (χ0v) is 17.3. The Morgan fingerprint density at radius 3 is 2.57 bits per heavy atom. The monoisotopic (exact) mass is 449 g/mol. The number of hydrogen-bond donors (Lipinski definition) is 3. The summed E-state index contributed by atoms with van der Waals surface area (Å²) in [6, 6.07) is 9.89. The lowest BCUT2D eigenvalue weighted by molar-refractivity contribution is 0.0697. The van der Waals surface area contributed by atoms with E-state index in [-0.39, 0.29) is 21.8 Å². The van der Waals surface area contributed by atoms with E-state index in [9.17, 15) is 23.1 Å². The van der Waals surface area contributed by atoms with Crippen LogP contribution in [0, 0.1) is 6.92 Å². The highest BCUT2D eigenvalue weighted by Crippen LogP contribution is 2.26. The second-order valence-corrected chi connectivity index (χ2v) is 8.42. The lowest BCUT2D eigenvalue weighted by atomic mass is 10.2. The Morgan fingerprint density at radius 1 is 1.20 bits per heavy atom. The maximum atomic E-state index is 12.7. The van der Waals surface area contributed by atoms with Crippen molar-refractivity contribution in [3.8, 4) is 5.69 Å². The number of aryl methyl sites for hydroxylation is 1. The number of aromatic carboxylic acids is 1. The van der Waals surface area contributed by atoms with Gasteiger partial charge in [-0.2, -0.15) is 0 Å². The molecular weight excluding hydrogens is 434 g/mol. The summed E-state index contributed by atoms with van der Waals surface area (Å²) in [5.41, 5.74) is -0.224. The maximum absolute atomic E-state index is 12.7. The number of halogens is 1. The molecule has 0 saturated carbocycles. The first-order valence-corrected chi connectivity index (χ1v) is 10.3. The van der Waals surface area contributed by atoms with Crippen LogP contribution in [-0.4, -0.2) is 36.3 Å². The van der Waals surface area contributed by atoms with Crippen molar-refractivity contribution < 1.29 is 18.3 Å². The fourth-order valence-corrected chi connectivity index (χ4v) is 3.55. The molecule has 0 aliphatic rings. The Balaban J connectivity index is 2.09. The number of azo groups is 1. The van der Waals surface area contributed by atoms with Crippen LogP contribution < -0.4 is 10.3 Å². The molecule has 156 valence electrons. The third kappa shape index (κ3) is 4.17. The average molecular weight is 450 g/mol. The lowest BCUT2D eigenvalue weighted by Gasteiger charge is -2.05. The molecule has 0 radical (unpaired) electrons. The van der Waals surface area contributed by atoms with E-state index in [0.29, 0.717) is 16.4 Å². The molecule has 0 aliphatic carbocycles. The molecule has 3 aromatic rings. The molecule has 0 bridgehead atoms. The molecule has 10 nitrogen and oxygen atoms in total. The lowest BCUT2D eigenvalue weighted by Crippen LogP contribution is -2.18. The summed E-state index contributed by atoms with van der Waals surface area (Å²) in [6.45, 7) is 1.59. The number of carboxylic acid groups (broad SMARTS) is 1. The number of rotatable bonds is 6. The zero-order valence-electron chi connectivity index (χ0n) is 15.7. The summed E-state index contributed by atoms with van der Waals surface area (Å²) < 4.78 is 27.4. The van der Waals surface area contributed by atoms with Gasteiger partial charge in [0.05, 0.1) is 21.8 Å². The second-order valence-electron chi connectivity index (χ2n) is 6.10. The molecular formula is C18H16ClN5O5S. The predicted octanol–water partition coefficient (Wildman–Crippen LogP) is 3.15. The van der Waals surface area contributed by atoms with E-state index in [4.69, 9.17) is 11.6 Å². The Hall–Kier alpha value is -3.28. The first kappa shape index (κ1) is 21.4. The van der Waals surface area contributed by atoms with E-state index in [1.807, 2.05) is 0 Å². The molecule has 3 rings (SSSR count). The summed E-state index contributed by atoms with van der Waals surface area (Å²) in [5, 5.41) is 20.4. The van der Waals surface area contributed by atoms with Gasteiger partial charge in [0.1, 0.15) is 5.69 Å². The van der Waals surface area contributed by atoms with Gasteiger partial charge in [-0.25, -0.2) is 22.6 Å². The van der Waals surface area contributed by atoms with Gasteiger partial charge in [0.15, 0.2) is 5.69 Å². The van der Waals surface area contributed by atoms with Gasteiger partial charge in [0.25, 0.3) is 5.56 Å². The van der Waals surface area contributed by atoms with E-state index >= 15 is 0 Å². The number of benzene rings is 2. The van der Waals surface area contributed by atoms with Crippen LogP contribution in [0.4, 0.5) is 11.4 Å². The van der Waals surface area contributed by atoms with Gasteiger partial charge < -0.3 is 5.11 Å². The van der Waals surface area contributed by atoms with Gasteiger partial charge in [0.2, 0.25) is 10.0 Å². The zero-order chi connectivity index (χ0) is 22.1. The molecule has 0 spiro atoms. The molecule has 2 aromatic carbocycles. The molecule has 1 aromatic heterocycles. The number of aromatic amines is 1. The van der Waals surface area contributed by atoms with Crippen LogP contribution in [0.2, 0.25) is 5.02 Å². The van der Waals surface area contributed by atoms with Crippen molar-refractivity contribution in [2.75, 3.05) is 7.05 Å². The molecule has 0 fully saturated rings. The SMILES string of the molecule is CNS(=O)(=O)c1ccc(C(=O)O)c(N=Nc2c(C)[nH]n(-c3cccc(Cl)c3)c2=O)c1. The maximum Gasteiger partial charge on any atom is 0.337 e. The molecule has 12 heteroatoms. The standard InChI is InChI=1S/C18H16ClN5O5S/c1-10-16(17(25)24(23-10)12-5-3-4-11(19)8-12)22-21-15-9-13(30(28,29)20-2)6-7-14(15)18(26)27/h3-9,20,23H,1-2H3,(H,26,27). The van der Waals surface area contributed by atoms with E-state index in [1.54, 1.807) is 31.2 Å². The van der Waals surface area contributed by atoms with Crippen molar-refractivity contribution in [3.63, 3.8) is 0 Å². The van der Waals surface area contributed by atoms with Crippen LogP contribution in [0.3, 0.4) is 0 Å². The summed E-state index contributed by atoms with van der Waals surface area (Å²) >= 11 is 5.96. The Labute approximate surface area is 175 Å². The topological polar surface area (TPSA) is 146 Å². The number of carbonyl (C=O) groups is 1. The third-order valence-corrected chi connectivity index (χ3v) is 5.79. The number of carboxylic acids is 1. The number of nitrogens with one attached hydrogen (secondary N) is 2. The van der Waals surface area contributed by atoms with Crippen molar-refractivity contribution in [1.29, 1.82) is 0 Å². The molecule has 1 heterocycles. The first-order chi connectivity index (χ1) is 14.1. The minimum absolute atomic E-state index is 0.0619. The number of nitrogens with zero attached hydrogens (tertiary/aromatic N) is 3. The Kier molecular flexibility index (Phi) is 5.87. The van der Waals surface area contributed by atoms with Crippen LogP contribution in [-0.2, 0) is 10.0 Å². The summed E-state index contributed by atoms with van der Waals surface area (Å²) in [7, 11) is -2.60. The summed E-state index contributed by atoms with van der Waals surface area (Å²) in [5.74, 6) is -1.32. The van der Waals surface area contributed by atoms with Gasteiger partial charge in [-0.3, -0.25) is 9.89 Å². The van der Waals surface area contributed by atoms with Crippen LogP contribution >= 0.6 is 11.6 Å². The first-order valence-electron chi connectivity index (χ1n) is 8.44. The van der Waals surface area contributed by atoms with Gasteiger partial charge in [-0.05, 0) is 50.4 Å². The smallest absolute Gasteiger partial charge is 0.337 e. The predicted molar refractivity (Wildman–Crippen MR) is 110 cm³/mol. The second kappa shape index (κ2) is 8.22. The number of sulfonamides is 1. The normalized spacial score (nSPS) is 11.8. The minimum atomic E-state index is -3.83. The van der Waals surface area contributed by atoms with Crippen LogP contribution in [0.25, 0.3) is 5.69 Å². The van der Waals surface area contributed by atoms with Crippen molar-refractivity contribution in [3.05, 3.63) is 69.1 Å². The molecule has 0 saturated heterocycles. The minimum Gasteiger partial charge on any atom is -0.478 e. The number of hydrogen-bond acceptors (Lipinski definition) is 6. The number of aromatic nitrogens is 2. The largest absolute Gasteiger partial charge is 0.478 e. The molecule has 0 unspecified atom stereocenters. The summed E-state index contributed by atoms with van der Waals surface area (Å²) in [6.07, 6.45) is 0. The van der Waals surface area contributed by atoms with Gasteiger partial charge >= 0.3 is 5.97 Å². The van der Waals surface area contributed by atoms with Crippen molar-refractivity contribution in [1.82, 2.24) is 14.5 Å². The number of H-pyrrole nitrogens is 1. The quantitative estimate of drug-likeness (QED) is 0.494. The Morgan fingerprint density at radius 2 is 1.93 bits per heavy atom. The van der Waals surface area contributed by atoms with E-state index in [1.165, 1.54) is 11.7 Å². The molecule has 3 N–H and O–H groups in total. The van der Waals surface area contributed by atoms with Gasteiger partial charge in [-0.1, -0.05) is 17.7 Å². The van der Waals surface area contributed by atoms with Crippen LogP contribution in [0.5, 0.6) is 0 Å². The average Bonchev–Trinajstić information content (AvgIpc) is 2.99. The van der Waals surface area contributed by atoms with Gasteiger partial charge in [0, 0.05) is 5.02 Å². The molecule has 30 heavy (non-hydrogen) atoms. The van der Waals surface area contributed by atoms with Crippen LogP contribution in [0.15, 0.2) is 62.4 Å². The highest BCUT2D eigenvalue weighted by atomic mass is 35.5. The van der Waals surface area contributed by atoms with E-state index in [2.05, 4.69) is 20.0 Å². The van der Waals surface area contributed by atoms with Crippen molar-refractivity contribution in [2.45, 2.75) is 11.8 Å². The Bertz CT molecular complexity index is 1330. The molecule has 0 aliphatic heterocycles. The van der Waals surface area contributed by atoms with Crippen molar-refractivity contribution >= 4 is 39.0 Å². The molecule has 0 atom stereocenters. The van der Waals surface area contributed by atoms with Crippen LogP contribution in [0.1, 0.15) is 16.1 Å². The highest BCUT2D eigenvalue weighted by Gasteiger charge is 2.18. The van der Waals surface area contributed by atoms with E-state index < -0.39 is 21.6 Å². The molecule has 0 amide bonds. The fourth-order valence-electron chi connectivity index (χ4n) is 2.62. The van der Waals surface area contributed by atoms with E-state index in [0.717, 1.165) is 18.2 Å². The highest BCUT2D eigenvalue weighted by molar-refractivity contribution is 7.89.